The molecular formula is C18H25NO2. The average molecular weight is 287 g/mol. The lowest BCUT2D eigenvalue weighted by atomic mass is 9.75. The third kappa shape index (κ3) is 3.39. The highest BCUT2D eigenvalue weighted by Crippen LogP contribution is 2.36. The fourth-order valence-electron chi connectivity index (χ4n) is 3.95. The zero-order valence-electron chi connectivity index (χ0n) is 12.6. The van der Waals surface area contributed by atoms with Crippen molar-refractivity contribution in [3.8, 4) is 5.75 Å². The molecule has 2 fully saturated rings. The average Bonchev–Trinajstić information content (AvgIpc) is 2.53. The summed E-state index contributed by atoms with van der Waals surface area (Å²) in [5, 5.41) is 9.76. The number of nitrogens with zero attached hydrogens (tertiary/aromatic N) is 1. The number of hydrogen-bond donors (Lipinski definition) is 1. The fourth-order valence-corrected chi connectivity index (χ4v) is 3.95. The number of benzene rings is 1. The van der Waals surface area contributed by atoms with Crippen LogP contribution in [0.1, 0.15) is 44.1 Å². The van der Waals surface area contributed by atoms with Crippen molar-refractivity contribution in [2.45, 2.75) is 44.9 Å². The van der Waals surface area contributed by atoms with E-state index in [1.165, 1.54) is 32.1 Å². The van der Waals surface area contributed by atoms with Gasteiger partial charge in [-0.2, -0.15) is 0 Å². The van der Waals surface area contributed by atoms with Crippen LogP contribution in [0.15, 0.2) is 24.3 Å². The number of amides is 1. The zero-order valence-corrected chi connectivity index (χ0v) is 12.6. The molecule has 3 heteroatoms. The molecule has 1 N–H and O–H groups in total. The Morgan fingerprint density at radius 1 is 1.14 bits per heavy atom. The summed E-state index contributed by atoms with van der Waals surface area (Å²) in [4.78, 5) is 14.5. The first-order chi connectivity index (χ1) is 10.2. The third-order valence-corrected chi connectivity index (χ3v) is 5.24. The van der Waals surface area contributed by atoms with Crippen molar-refractivity contribution in [3.63, 3.8) is 0 Å². The number of phenols is 1. The quantitative estimate of drug-likeness (QED) is 0.926. The maximum absolute atomic E-state index is 12.4. The highest BCUT2D eigenvalue weighted by Gasteiger charge is 2.32. The molecule has 1 aliphatic heterocycles. The molecule has 1 aliphatic carbocycles. The zero-order chi connectivity index (χ0) is 14.7. The molecule has 1 aromatic carbocycles. The maximum Gasteiger partial charge on any atom is 0.222 e. The van der Waals surface area contributed by atoms with Crippen molar-refractivity contribution in [1.82, 2.24) is 4.90 Å². The summed E-state index contributed by atoms with van der Waals surface area (Å²) in [6, 6.07) is 7.31. The van der Waals surface area contributed by atoms with Gasteiger partial charge in [0.05, 0.1) is 0 Å². The van der Waals surface area contributed by atoms with Crippen LogP contribution in [0.2, 0.25) is 0 Å². The minimum absolute atomic E-state index is 0.252. The number of hydrogen-bond acceptors (Lipinski definition) is 2. The van der Waals surface area contributed by atoms with Crippen molar-refractivity contribution in [1.29, 1.82) is 0 Å². The largest absolute Gasteiger partial charge is 0.508 e. The number of carbonyl (C=O) groups excluding carboxylic acids is 1. The Kier molecular flexibility index (Phi) is 4.47. The highest BCUT2D eigenvalue weighted by molar-refractivity contribution is 5.76. The van der Waals surface area contributed by atoms with Crippen LogP contribution in [0.5, 0.6) is 5.75 Å². The lowest BCUT2D eigenvalue weighted by molar-refractivity contribution is -0.134. The molecule has 0 unspecified atom stereocenters. The third-order valence-electron chi connectivity index (χ3n) is 5.24. The highest BCUT2D eigenvalue weighted by atomic mass is 16.3. The Labute approximate surface area is 127 Å². The molecule has 3 nitrogen and oxygen atoms in total. The van der Waals surface area contributed by atoms with Crippen LogP contribution in [0.25, 0.3) is 0 Å². The molecule has 1 saturated carbocycles. The van der Waals surface area contributed by atoms with Crippen molar-refractivity contribution in [3.05, 3.63) is 29.8 Å². The van der Waals surface area contributed by atoms with Gasteiger partial charge < -0.3 is 10.0 Å². The Balaban J connectivity index is 1.53. The van der Waals surface area contributed by atoms with Crippen molar-refractivity contribution in [2.24, 2.45) is 11.8 Å². The lowest BCUT2D eigenvalue weighted by Crippen LogP contribution is -2.44. The molecule has 0 aromatic heterocycles. The molecule has 21 heavy (non-hydrogen) atoms. The second-order valence-electron chi connectivity index (χ2n) is 6.56. The number of phenolic OH excluding ortho intramolecular Hbond substituents is 1. The minimum atomic E-state index is 0.252. The molecule has 0 bridgehead atoms. The van der Waals surface area contributed by atoms with Crippen LogP contribution >= 0.6 is 0 Å². The van der Waals surface area contributed by atoms with Gasteiger partial charge in [-0.1, -0.05) is 37.5 Å². The number of carbonyl (C=O) groups is 1. The minimum Gasteiger partial charge on any atom is -0.508 e. The van der Waals surface area contributed by atoms with E-state index in [4.69, 9.17) is 0 Å². The van der Waals surface area contributed by atoms with E-state index in [1.807, 2.05) is 18.2 Å². The monoisotopic (exact) mass is 287 g/mol. The van der Waals surface area contributed by atoms with Gasteiger partial charge in [0.15, 0.2) is 0 Å². The first-order valence-corrected chi connectivity index (χ1v) is 8.28. The number of likely N-dealkylation sites (tertiary alicyclic amines) is 1. The predicted molar refractivity (Wildman–Crippen MR) is 83.1 cm³/mol. The summed E-state index contributed by atoms with van der Waals surface area (Å²) in [5.74, 6) is 2.15. The van der Waals surface area contributed by atoms with E-state index in [1.54, 1.807) is 6.07 Å². The Morgan fingerprint density at radius 3 is 2.71 bits per heavy atom. The van der Waals surface area contributed by atoms with Gasteiger partial charge in [0.1, 0.15) is 5.75 Å². The van der Waals surface area contributed by atoms with E-state index in [9.17, 15) is 9.90 Å². The Bertz CT molecular complexity index is 500. The van der Waals surface area contributed by atoms with Gasteiger partial charge in [0.25, 0.3) is 0 Å². The first-order valence-electron chi connectivity index (χ1n) is 8.28. The van der Waals surface area contributed by atoms with E-state index >= 15 is 0 Å². The maximum atomic E-state index is 12.4. The number of fused-ring (bicyclic) bond motifs is 1. The Hall–Kier alpha value is -1.51. The standard InChI is InChI=1S/C18H25NO2/c20-17-8-4-3-6-15(17)9-10-18(21)19-12-11-14-5-1-2-7-16(14)13-19/h3-4,6,8,14,16,20H,1-2,5,7,9-13H2/t14-,16+/m0/s1. The molecule has 2 aliphatic rings. The van der Waals surface area contributed by atoms with Gasteiger partial charge in [-0.05, 0) is 42.7 Å². The number of para-hydroxylation sites is 1. The van der Waals surface area contributed by atoms with Gasteiger partial charge >= 0.3 is 0 Å². The number of piperidine rings is 1. The molecule has 2 atom stereocenters. The number of aromatic hydroxyl groups is 1. The van der Waals surface area contributed by atoms with Crippen LogP contribution in [0.3, 0.4) is 0 Å². The molecular weight excluding hydrogens is 262 g/mol. The lowest BCUT2D eigenvalue weighted by Gasteiger charge is -2.41. The van der Waals surface area contributed by atoms with E-state index in [0.29, 0.717) is 18.6 Å². The van der Waals surface area contributed by atoms with Crippen molar-refractivity contribution < 1.29 is 9.90 Å². The van der Waals surface area contributed by atoms with Crippen LogP contribution in [-0.4, -0.2) is 29.0 Å². The van der Waals surface area contributed by atoms with Crippen LogP contribution < -0.4 is 0 Å². The summed E-state index contributed by atoms with van der Waals surface area (Å²) in [5.41, 5.74) is 0.874. The number of aryl methyl sites for hydroxylation is 1. The predicted octanol–water partition coefficient (Wildman–Crippen LogP) is 3.36. The molecule has 1 heterocycles. The second kappa shape index (κ2) is 6.50. The second-order valence-corrected chi connectivity index (χ2v) is 6.56. The number of rotatable bonds is 3. The van der Waals surface area contributed by atoms with Crippen molar-refractivity contribution >= 4 is 5.91 Å². The summed E-state index contributed by atoms with van der Waals surface area (Å²) < 4.78 is 0. The summed E-state index contributed by atoms with van der Waals surface area (Å²) >= 11 is 0. The Morgan fingerprint density at radius 2 is 1.90 bits per heavy atom. The molecule has 3 rings (SSSR count). The SMILES string of the molecule is O=C(CCc1ccccc1O)N1CC[C@@H]2CCCC[C@@H]2C1. The van der Waals surface area contributed by atoms with Crippen LogP contribution in [0, 0.1) is 11.8 Å². The van der Waals surface area contributed by atoms with Gasteiger partial charge in [-0.25, -0.2) is 0 Å². The summed E-state index contributed by atoms with van der Waals surface area (Å²) in [6.45, 7) is 1.89. The molecule has 1 saturated heterocycles. The first kappa shape index (κ1) is 14.4. The molecule has 0 radical (unpaired) electrons. The molecule has 1 aromatic rings. The van der Waals surface area contributed by atoms with Gasteiger partial charge in [0, 0.05) is 19.5 Å². The van der Waals surface area contributed by atoms with Crippen LogP contribution in [-0.2, 0) is 11.2 Å². The van der Waals surface area contributed by atoms with E-state index < -0.39 is 0 Å². The summed E-state index contributed by atoms with van der Waals surface area (Å²) in [6.07, 6.45) is 7.71. The topological polar surface area (TPSA) is 40.5 Å². The van der Waals surface area contributed by atoms with E-state index in [0.717, 1.165) is 30.5 Å². The molecule has 114 valence electrons. The van der Waals surface area contributed by atoms with Gasteiger partial charge in [-0.15, -0.1) is 0 Å². The van der Waals surface area contributed by atoms with Crippen molar-refractivity contribution in [2.75, 3.05) is 13.1 Å². The van der Waals surface area contributed by atoms with E-state index in [-0.39, 0.29) is 5.91 Å². The summed E-state index contributed by atoms with van der Waals surface area (Å²) in [7, 11) is 0. The molecule has 1 amide bonds. The fraction of sp³-hybridized carbons (Fsp3) is 0.611. The van der Waals surface area contributed by atoms with Gasteiger partial charge in [-0.3, -0.25) is 4.79 Å². The molecule has 0 spiro atoms. The van der Waals surface area contributed by atoms with Gasteiger partial charge in [0.2, 0.25) is 5.91 Å². The normalized spacial score (nSPS) is 25.4. The van der Waals surface area contributed by atoms with E-state index in [2.05, 4.69) is 4.90 Å². The smallest absolute Gasteiger partial charge is 0.222 e. The van der Waals surface area contributed by atoms with Crippen LogP contribution in [0.4, 0.5) is 0 Å².